The van der Waals surface area contributed by atoms with Crippen molar-refractivity contribution in [2.24, 2.45) is 11.7 Å². The van der Waals surface area contributed by atoms with Crippen LogP contribution in [0.2, 0.25) is 0 Å². The van der Waals surface area contributed by atoms with E-state index in [1.54, 1.807) is 12.1 Å². The molecule has 4 nitrogen and oxygen atoms in total. The minimum Gasteiger partial charge on any atom is -0.507 e. The lowest BCUT2D eigenvalue weighted by Crippen LogP contribution is -2.55. The first-order valence-corrected chi connectivity index (χ1v) is 6.89. The molecule has 100 valence electrons. The maximum absolute atomic E-state index is 12.2. The number of amides is 1. The Labute approximate surface area is 121 Å². The van der Waals surface area contributed by atoms with Gasteiger partial charge in [0, 0.05) is 10.1 Å². The van der Waals surface area contributed by atoms with Gasteiger partial charge < -0.3 is 16.2 Å². The fraction of sp³-hybridized carbons (Fsp3) is 0.462. The maximum Gasteiger partial charge on any atom is 0.255 e. The lowest BCUT2D eigenvalue weighted by atomic mass is 9.88. The van der Waals surface area contributed by atoms with Crippen LogP contribution in [0.5, 0.6) is 5.75 Å². The molecule has 1 aromatic carbocycles. The first-order chi connectivity index (χ1) is 8.30. The SMILES string of the molecule is CC(C)C(C)(CN)NC(=O)c1cc(I)ccc1O. The largest absolute Gasteiger partial charge is 0.507 e. The minimum atomic E-state index is -0.481. The van der Waals surface area contributed by atoms with Crippen molar-refractivity contribution in [2.75, 3.05) is 6.54 Å². The smallest absolute Gasteiger partial charge is 0.255 e. The number of nitrogens with two attached hydrogens (primary N) is 1. The summed E-state index contributed by atoms with van der Waals surface area (Å²) >= 11 is 2.10. The Morgan fingerprint density at radius 2 is 2.17 bits per heavy atom. The van der Waals surface area contributed by atoms with E-state index in [-0.39, 0.29) is 23.1 Å². The molecule has 0 saturated carbocycles. The lowest BCUT2D eigenvalue weighted by molar-refractivity contribution is 0.0880. The topological polar surface area (TPSA) is 75.3 Å². The molecule has 0 bridgehead atoms. The van der Waals surface area contributed by atoms with E-state index in [0.717, 1.165) is 3.57 Å². The molecule has 0 aromatic heterocycles. The Morgan fingerprint density at radius 3 is 2.67 bits per heavy atom. The highest BCUT2D eigenvalue weighted by Gasteiger charge is 2.29. The van der Waals surface area contributed by atoms with E-state index in [1.807, 2.05) is 20.8 Å². The van der Waals surface area contributed by atoms with Crippen molar-refractivity contribution in [3.05, 3.63) is 27.3 Å². The van der Waals surface area contributed by atoms with Gasteiger partial charge in [-0.05, 0) is 53.6 Å². The maximum atomic E-state index is 12.2. The number of hydrogen-bond acceptors (Lipinski definition) is 3. The number of benzene rings is 1. The van der Waals surface area contributed by atoms with Crippen LogP contribution < -0.4 is 11.1 Å². The molecule has 0 spiro atoms. The van der Waals surface area contributed by atoms with E-state index in [0.29, 0.717) is 6.54 Å². The number of carbonyl (C=O) groups is 1. The highest BCUT2D eigenvalue weighted by atomic mass is 127. The van der Waals surface area contributed by atoms with Gasteiger partial charge >= 0.3 is 0 Å². The molecule has 0 aliphatic rings. The first kappa shape index (κ1) is 15.2. The van der Waals surface area contributed by atoms with Crippen molar-refractivity contribution >= 4 is 28.5 Å². The van der Waals surface area contributed by atoms with Gasteiger partial charge in [-0.25, -0.2) is 0 Å². The second-order valence-corrected chi connectivity index (χ2v) is 6.14. The van der Waals surface area contributed by atoms with E-state index in [4.69, 9.17) is 5.73 Å². The molecule has 1 atom stereocenters. The number of phenolic OH excluding ortho intramolecular Hbond substituents is 1. The minimum absolute atomic E-state index is 0.0176. The van der Waals surface area contributed by atoms with Crippen LogP contribution in [0.3, 0.4) is 0 Å². The summed E-state index contributed by atoms with van der Waals surface area (Å²) in [6.45, 7) is 6.26. The fourth-order valence-corrected chi connectivity index (χ4v) is 1.94. The molecule has 1 aromatic rings. The fourth-order valence-electron chi connectivity index (χ4n) is 1.45. The molecule has 0 heterocycles. The first-order valence-electron chi connectivity index (χ1n) is 5.81. The van der Waals surface area contributed by atoms with Gasteiger partial charge in [0.2, 0.25) is 0 Å². The molecule has 0 radical (unpaired) electrons. The summed E-state index contributed by atoms with van der Waals surface area (Å²) in [5.74, 6) is -0.111. The third kappa shape index (κ3) is 3.35. The van der Waals surface area contributed by atoms with Gasteiger partial charge in [-0.2, -0.15) is 0 Å². The Balaban J connectivity index is 2.98. The Morgan fingerprint density at radius 1 is 1.56 bits per heavy atom. The number of nitrogens with one attached hydrogen (secondary N) is 1. The standard InChI is InChI=1S/C13H19IN2O2/c1-8(2)13(3,7-15)16-12(18)10-6-9(14)4-5-11(10)17/h4-6,8,17H,7,15H2,1-3H3,(H,16,18). The summed E-state index contributed by atoms with van der Waals surface area (Å²) in [6, 6.07) is 4.92. The van der Waals surface area contributed by atoms with Crippen molar-refractivity contribution in [2.45, 2.75) is 26.3 Å². The van der Waals surface area contributed by atoms with Crippen molar-refractivity contribution in [1.82, 2.24) is 5.32 Å². The van der Waals surface area contributed by atoms with Crippen LogP contribution in [0, 0.1) is 9.49 Å². The summed E-state index contributed by atoms with van der Waals surface area (Å²) < 4.78 is 0.898. The second-order valence-electron chi connectivity index (χ2n) is 4.89. The van der Waals surface area contributed by atoms with Crippen molar-refractivity contribution in [1.29, 1.82) is 0 Å². The molecule has 0 aliphatic carbocycles. The summed E-state index contributed by atoms with van der Waals surface area (Å²) in [6.07, 6.45) is 0. The van der Waals surface area contributed by atoms with E-state index in [2.05, 4.69) is 27.9 Å². The molecule has 5 heteroatoms. The van der Waals surface area contributed by atoms with E-state index >= 15 is 0 Å². The van der Waals surface area contributed by atoms with Gasteiger partial charge in [0.25, 0.3) is 5.91 Å². The number of rotatable bonds is 4. The van der Waals surface area contributed by atoms with Gasteiger partial charge in [0.05, 0.1) is 11.1 Å². The Bertz CT molecular complexity index is 449. The van der Waals surface area contributed by atoms with Crippen LogP contribution in [0.25, 0.3) is 0 Å². The average molecular weight is 362 g/mol. The van der Waals surface area contributed by atoms with Crippen molar-refractivity contribution < 1.29 is 9.90 Å². The summed E-state index contributed by atoms with van der Waals surface area (Å²) in [7, 11) is 0. The van der Waals surface area contributed by atoms with Crippen LogP contribution in [0.15, 0.2) is 18.2 Å². The average Bonchev–Trinajstić information content (AvgIpc) is 2.31. The molecule has 4 N–H and O–H groups in total. The zero-order valence-corrected chi connectivity index (χ0v) is 13.0. The van der Waals surface area contributed by atoms with Crippen LogP contribution in [-0.2, 0) is 0 Å². The number of hydrogen-bond donors (Lipinski definition) is 3. The third-order valence-electron chi connectivity index (χ3n) is 3.30. The molecule has 1 amide bonds. The highest BCUT2D eigenvalue weighted by Crippen LogP contribution is 2.22. The zero-order chi connectivity index (χ0) is 13.9. The van der Waals surface area contributed by atoms with Crippen LogP contribution in [-0.4, -0.2) is 23.1 Å². The van der Waals surface area contributed by atoms with E-state index in [1.165, 1.54) is 6.07 Å². The summed E-state index contributed by atoms with van der Waals surface area (Å²) in [5.41, 5.74) is 5.52. The molecule has 0 fully saturated rings. The second kappa shape index (κ2) is 5.88. The number of aromatic hydroxyl groups is 1. The van der Waals surface area contributed by atoms with Gasteiger partial charge in [0.1, 0.15) is 5.75 Å². The van der Waals surface area contributed by atoms with E-state index in [9.17, 15) is 9.90 Å². The third-order valence-corrected chi connectivity index (χ3v) is 3.97. The van der Waals surface area contributed by atoms with Crippen molar-refractivity contribution in [3.63, 3.8) is 0 Å². The summed E-state index contributed by atoms with van der Waals surface area (Å²) in [5, 5.41) is 12.6. The number of halogens is 1. The predicted molar refractivity (Wildman–Crippen MR) is 80.6 cm³/mol. The Kier molecular flexibility index (Phi) is 4.98. The van der Waals surface area contributed by atoms with E-state index < -0.39 is 5.54 Å². The van der Waals surface area contributed by atoms with Gasteiger partial charge in [-0.15, -0.1) is 0 Å². The van der Waals surface area contributed by atoms with Gasteiger partial charge in [-0.3, -0.25) is 4.79 Å². The predicted octanol–water partition coefficient (Wildman–Crippen LogP) is 2.10. The molecule has 18 heavy (non-hydrogen) atoms. The number of carbonyl (C=O) groups excluding carboxylic acids is 1. The van der Waals surface area contributed by atoms with Gasteiger partial charge in [0.15, 0.2) is 0 Å². The number of phenols is 1. The Hall–Kier alpha value is -0.820. The van der Waals surface area contributed by atoms with Crippen molar-refractivity contribution in [3.8, 4) is 5.75 Å². The van der Waals surface area contributed by atoms with Crippen LogP contribution in [0.4, 0.5) is 0 Å². The molecular weight excluding hydrogens is 343 g/mol. The molecule has 1 rings (SSSR count). The molecule has 1 unspecified atom stereocenters. The van der Waals surface area contributed by atoms with Gasteiger partial charge in [-0.1, -0.05) is 13.8 Å². The summed E-state index contributed by atoms with van der Waals surface area (Å²) in [4.78, 5) is 12.2. The lowest BCUT2D eigenvalue weighted by Gasteiger charge is -2.33. The molecule has 0 saturated heterocycles. The quantitative estimate of drug-likeness (QED) is 0.718. The molecular formula is C13H19IN2O2. The zero-order valence-electron chi connectivity index (χ0n) is 10.8. The monoisotopic (exact) mass is 362 g/mol. The molecule has 0 aliphatic heterocycles. The van der Waals surface area contributed by atoms with Crippen LogP contribution in [0.1, 0.15) is 31.1 Å². The highest BCUT2D eigenvalue weighted by molar-refractivity contribution is 14.1. The normalized spacial score (nSPS) is 14.3. The van der Waals surface area contributed by atoms with Crippen LogP contribution >= 0.6 is 22.6 Å².